The van der Waals surface area contributed by atoms with Gasteiger partial charge >= 0.3 is 0 Å². The van der Waals surface area contributed by atoms with Gasteiger partial charge in [-0.2, -0.15) is 0 Å². The summed E-state index contributed by atoms with van der Waals surface area (Å²) >= 11 is 0. The molecule has 0 spiro atoms. The van der Waals surface area contributed by atoms with Crippen LogP contribution >= 0.6 is 0 Å². The molecule has 3 aromatic rings. The lowest BCUT2D eigenvalue weighted by atomic mass is 10.0. The van der Waals surface area contributed by atoms with Crippen LogP contribution in [0.15, 0.2) is 42.9 Å². The van der Waals surface area contributed by atoms with Gasteiger partial charge in [0.05, 0.1) is 6.20 Å². The Bertz CT molecular complexity index is 674. The fourth-order valence-corrected chi connectivity index (χ4v) is 2.05. The molecule has 2 N–H and O–H groups in total. The fourth-order valence-electron chi connectivity index (χ4n) is 2.05. The van der Waals surface area contributed by atoms with E-state index in [1.807, 2.05) is 28.8 Å². The number of aromatic nitrogens is 4. The first kappa shape index (κ1) is 10.9. The highest BCUT2D eigenvalue weighted by Crippen LogP contribution is 2.22. The molecular formula is C13H13N5. The van der Waals surface area contributed by atoms with Crippen molar-refractivity contribution in [2.45, 2.75) is 6.42 Å². The van der Waals surface area contributed by atoms with E-state index in [-0.39, 0.29) is 0 Å². The number of hydrogen-bond donors (Lipinski definition) is 1. The van der Waals surface area contributed by atoms with E-state index in [1.165, 1.54) is 5.56 Å². The van der Waals surface area contributed by atoms with Gasteiger partial charge in [-0.05, 0) is 18.5 Å². The number of nitrogens with two attached hydrogens (primary N) is 1. The van der Waals surface area contributed by atoms with Crippen molar-refractivity contribution in [3.63, 3.8) is 0 Å². The van der Waals surface area contributed by atoms with E-state index in [9.17, 15) is 0 Å². The van der Waals surface area contributed by atoms with Crippen molar-refractivity contribution in [2.75, 3.05) is 6.54 Å². The van der Waals surface area contributed by atoms with Crippen LogP contribution < -0.4 is 5.73 Å². The van der Waals surface area contributed by atoms with Crippen molar-refractivity contribution >= 4 is 5.65 Å². The molecule has 0 aliphatic rings. The van der Waals surface area contributed by atoms with Gasteiger partial charge in [0.15, 0.2) is 11.5 Å². The standard InChI is InChI=1S/C13H13N5/c14-6-5-10-3-1-2-4-11(10)13-17-16-12-9-15-7-8-18(12)13/h1-4,7-9H,5-6,14H2. The van der Waals surface area contributed by atoms with Crippen LogP contribution in [0.4, 0.5) is 0 Å². The average molecular weight is 239 g/mol. The molecule has 3 rings (SSSR count). The zero-order valence-electron chi connectivity index (χ0n) is 9.82. The van der Waals surface area contributed by atoms with Crippen LogP contribution in [-0.2, 0) is 6.42 Å². The molecule has 0 aliphatic heterocycles. The normalized spacial score (nSPS) is 10.9. The SMILES string of the molecule is NCCc1ccccc1-c1nnc2cnccn12. The summed E-state index contributed by atoms with van der Waals surface area (Å²) in [4.78, 5) is 4.04. The second-order valence-corrected chi connectivity index (χ2v) is 4.02. The monoisotopic (exact) mass is 239 g/mol. The highest BCUT2D eigenvalue weighted by molar-refractivity contribution is 5.63. The maximum atomic E-state index is 5.64. The smallest absolute Gasteiger partial charge is 0.179 e. The van der Waals surface area contributed by atoms with Gasteiger partial charge in [0.1, 0.15) is 0 Å². The first-order valence-corrected chi connectivity index (χ1v) is 5.83. The molecule has 90 valence electrons. The van der Waals surface area contributed by atoms with Crippen molar-refractivity contribution in [2.24, 2.45) is 5.73 Å². The third-order valence-electron chi connectivity index (χ3n) is 2.89. The predicted molar refractivity (Wildman–Crippen MR) is 69.0 cm³/mol. The highest BCUT2D eigenvalue weighted by Gasteiger charge is 2.10. The van der Waals surface area contributed by atoms with Gasteiger partial charge in [-0.15, -0.1) is 10.2 Å². The Morgan fingerprint density at radius 3 is 2.94 bits per heavy atom. The summed E-state index contributed by atoms with van der Waals surface area (Å²) in [5.74, 6) is 0.830. The maximum Gasteiger partial charge on any atom is 0.179 e. The lowest BCUT2D eigenvalue weighted by molar-refractivity contribution is 0.964. The van der Waals surface area contributed by atoms with Crippen LogP contribution in [0.1, 0.15) is 5.56 Å². The number of fused-ring (bicyclic) bond motifs is 1. The Labute approximate surface area is 104 Å². The summed E-state index contributed by atoms with van der Waals surface area (Å²) in [6.45, 7) is 0.620. The van der Waals surface area contributed by atoms with Gasteiger partial charge in [0.25, 0.3) is 0 Å². The van der Waals surface area contributed by atoms with E-state index in [2.05, 4.69) is 21.2 Å². The van der Waals surface area contributed by atoms with Gasteiger partial charge in [-0.25, -0.2) is 0 Å². The zero-order valence-corrected chi connectivity index (χ0v) is 9.82. The van der Waals surface area contributed by atoms with E-state index in [0.717, 1.165) is 23.5 Å². The average Bonchev–Trinajstić information content (AvgIpc) is 2.84. The second-order valence-electron chi connectivity index (χ2n) is 4.02. The van der Waals surface area contributed by atoms with Crippen molar-refractivity contribution < 1.29 is 0 Å². The molecule has 18 heavy (non-hydrogen) atoms. The van der Waals surface area contributed by atoms with E-state index < -0.39 is 0 Å². The van der Waals surface area contributed by atoms with E-state index in [0.29, 0.717) is 6.54 Å². The van der Waals surface area contributed by atoms with Crippen molar-refractivity contribution in [1.29, 1.82) is 0 Å². The van der Waals surface area contributed by atoms with E-state index in [4.69, 9.17) is 5.73 Å². The molecular weight excluding hydrogens is 226 g/mol. The Kier molecular flexibility index (Phi) is 2.74. The molecule has 0 atom stereocenters. The van der Waals surface area contributed by atoms with Crippen molar-refractivity contribution in [3.05, 3.63) is 48.4 Å². The summed E-state index contributed by atoms with van der Waals surface area (Å²) in [5.41, 5.74) is 8.65. The summed E-state index contributed by atoms with van der Waals surface area (Å²) in [7, 11) is 0. The second kappa shape index (κ2) is 4.54. The maximum absolute atomic E-state index is 5.64. The Balaban J connectivity index is 2.20. The molecule has 0 aliphatic carbocycles. The highest BCUT2D eigenvalue weighted by atomic mass is 15.2. The largest absolute Gasteiger partial charge is 0.330 e. The van der Waals surface area contributed by atoms with Gasteiger partial charge in [-0.3, -0.25) is 9.38 Å². The molecule has 0 radical (unpaired) electrons. The topological polar surface area (TPSA) is 69.1 Å². The molecule has 0 bridgehead atoms. The lowest BCUT2D eigenvalue weighted by Gasteiger charge is -2.06. The molecule has 2 heterocycles. The van der Waals surface area contributed by atoms with Crippen molar-refractivity contribution in [1.82, 2.24) is 19.6 Å². The first-order valence-electron chi connectivity index (χ1n) is 5.83. The van der Waals surface area contributed by atoms with Crippen LogP contribution in [0, 0.1) is 0 Å². The molecule has 0 saturated carbocycles. The van der Waals surface area contributed by atoms with Crippen molar-refractivity contribution in [3.8, 4) is 11.4 Å². The minimum Gasteiger partial charge on any atom is -0.330 e. The van der Waals surface area contributed by atoms with Gasteiger partial charge in [-0.1, -0.05) is 24.3 Å². The van der Waals surface area contributed by atoms with Crippen LogP contribution in [0.2, 0.25) is 0 Å². The third-order valence-corrected chi connectivity index (χ3v) is 2.89. The predicted octanol–water partition coefficient (Wildman–Crippen LogP) is 1.29. The minimum absolute atomic E-state index is 0.620. The van der Waals surface area contributed by atoms with Crippen LogP contribution in [-0.4, -0.2) is 26.1 Å². The molecule has 0 amide bonds. The Morgan fingerprint density at radius 1 is 1.17 bits per heavy atom. The molecule has 0 fully saturated rings. The van der Waals surface area contributed by atoms with E-state index >= 15 is 0 Å². The van der Waals surface area contributed by atoms with Gasteiger partial charge in [0, 0.05) is 18.0 Å². The molecule has 1 aromatic carbocycles. The lowest BCUT2D eigenvalue weighted by Crippen LogP contribution is -2.04. The Hall–Kier alpha value is -2.27. The number of rotatable bonds is 3. The summed E-state index contributed by atoms with van der Waals surface area (Å²) in [6, 6.07) is 8.13. The third kappa shape index (κ3) is 1.74. The summed E-state index contributed by atoms with van der Waals surface area (Å²) < 4.78 is 1.93. The fraction of sp³-hybridized carbons (Fsp3) is 0.154. The Morgan fingerprint density at radius 2 is 2.06 bits per heavy atom. The summed E-state index contributed by atoms with van der Waals surface area (Å²) in [5, 5.41) is 8.36. The molecule has 0 unspecified atom stereocenters. The molecule has 0 saturated heterocycles. The zero-order chi connectivity index (χ0) is 12.4. The molecule has 5 nitrogen and oxygen atoms in total. The van der Waals surface area contributed by atoms with Crippen LogP contribution in [0.5, 0.6) is 0 Å². The quantitative estimate of drug-likeness (QED) is 0.747. The van der Waals surface area contributed by atoms with Crippen LogP contribution in [0.3, 0.4) is 0 Å². The van der Waals surface area contributed by atoms with Gasteiger partial charge in [0.2, 0.25) is 0 Å². The van der Waals surface area contributed by atoms with Gasteiger partial charge < -0.3 is 5.73 Å². The number of benzene rings is 1. The van der Waals surface area contributed by atoms with Crippen LogP contribution in [0.25, 0.3) is 17.0 Å². The van der Waals surface area contributed by atoms with E-state index in [1.54, 1.807) is 12.4 Å². The summed E-state index contributed by atoms with van der Waals surface area (Å²) in [6.07, 6.45) is 6.12. The minimum atomic E-state index is 0.620. The molecule has 5 heteroatoms. The number of nitrogens with zero attached hydrogens (tertiary/aromatic N) is 4. The first-order chi connectivity index (χ1) is 8.90. The number of hydrogen-bond acceptors (Lipinski definition) is 4. The molecule has 2 aromatic heterocycles.